The Kier molecular flexibility index (Phi) is 6.34. The minimum Gasteiger partial charge on any atom is -0.369 e. The molecule has 3 fully saturated rings. The topological polar surface area (TPSA) is 74.6 Å². The quantitative estimate of drug-likeness (QED) is 0.611. The largest absolute Gasteiger partial charge is 0.369 e. The molecule has 8 heteroatoms. The molecule has 8 nitrogen and oxygen atoms in total. The smallest absolute Gasteiger partial charge is 0.128 e. The lowest BCUT2D eigenvalue weighted by Gasteiger charge is -2.46. The second-order valence-corrected chi connectivity index (χ2v) is 10.2. The van der Waals surface area contributed by atoms with Crippen molar-refractivity contribution >= 4 is 28.1 Å². The van der Waals surface area contributed by atoms with Crippen molar-refractivity contribution < 1.29 is 0 Å². The summed E-state index contributed by atoms with van der Waals surface area (Å²) in [6.07, 6.45) is 4.96. The van der Waals surface area contributed by atoms with Crippen molar-refractivity contribution in [3.63, 3.8) is 0 Å². The molecule has 5 heterocycles. The number of nitriles is 1. The maximum Gasteiger partial charge on any atom is 0.128 e. The maximum absolute atomic E-state index is 9.54. The average Bonchev–Trinajstić information content (AvgIpc) is 3.16. The fourth-order valence-corrected chi connectivity index (χ4v) is 6.16. The van der Waals surface area contributed by atoms with Gasteiger partial charge in [-0.3, -0.25) is 9.88 Å². The Morgan fingerprint density at radius 3 is 2.61 bits per heavy atom. The zero-order valence-corrected chi connectivity index (χ0v) is 21.0. The van der Waals surface area contributed by atoms with Crippen molar-refractivity contribution in [2.24, 2.45) is 0 Å². The average molecular weight is 483 g/mol. The summed E-state index contributed by atoms with van der Waals surface area (Å²) in [5.74, 6) is 1.08. The van der Waals surface area contributed by atoms with E-state index in [2.05, 4.69) is 73.4 Å². The highest BCUT2D eigenvalue weighted by Gasteiger charge is 2.35. The van der Waals surface area contributed by atoms with Gasteiger partial charge in [0, 0.05) is 88.3 Å². The summed E-state index contributed by atoms with van der Waals surface area (Å²) < 4.78 is 0. The standard InChI is InChI=1S/C28H34N8/c1-21-19-35(26-6-4-22(17-29)28-25(26)3-2-9-31-28)20-24-8-12-33(15-16-36(21)24)23-5-7-27(32-18-23)34-13-10-30-11-14-34/h2-7,9,18,21,24,30H,8,10-16,19-20H2,1H3. The minimum atomic E-state index is 0.458. The van der Waals surface area contributed by atoms with Gasteiger partial charge in [-0.1, -0.05) is 0 Å². The molecule has 0 bridgehead atoms. The minimum absolute atomic E-state index is 0.458. The van der Waals surface area contributed by atoms with Gasteiger partial charge in [-0.25, -0.2) is 4.98 Å². The van der Waals surface area contributed by atoms with Gasteiger partial charge in [-0.05, 0) is 49.7 Å². The Morgan fingerprint density at radius 2 is 1.81 bits per heavy atom. The van der Waals surface area contributed by atoms with Crippen LogP contribution in [0.15, 0.2) is 48.8 Å². The van der Waals surface area contributed by atoms with Crippen LogP contribution in [0.1, 0.15) is 18.9 Å². The Labute approximate surface area is 213 Å². The summed E-state index contributed by atoms with van der Waals surface area (Å²) in [4.78, 5) is 19.4. The molecule has 3 saturated heterocycles. The predicted octanol–water partition coefficient (Wildman–Crippen LogP) is 2.70. The Morgan fingerprint density at radius 1 is 0.917 bits per heavy atom. The molecule has 3 aromatic rings. The molecule has 0 amide bonds. The maximum atomic E-state index is 9.54. The van der Waals surface area contributed by atoms with Gasteiger partial charge in [0.15, 0.2) is 0 Å². The molecule has 1 N–H and O–H groups in total. The van der Waals surface area contributed by atoms with Crippen molar-refractivity contribution in [2.45, 2.75) is 25.4 Å². The van der Waals surface area contributed by atoms with E-state index in [1.54, 1.807) is 6.20 Å². The van der Waals surface area contributed by atoms with Gasteiger partial charge in [-0.2, -0.15) is 5.26 Å². The molecule has 0 spiro atoms. The Bertz CT molecular complexity index is 1250. The molecule has 186 valence electrons. The van der Waals surface area contributed by atoms with E-state index in [1.165, 1.54) is 11.4 Å². The lowest BCUT2D eigenvalue weighted by Crippen LogP contribution is -2.58. The molecule has 2 unspecified atom stereocenters. The van der Waals surface area contributed by atoms with Crippen LogP contribution in [0, 0.1) is 11.3 Å². The third kappa shape index (κ3) is 4.34. The predicted molar refractivity (Wildman–Crippen MR) is 145 cm³/mol. The first-order chi connectivity index (χ1) is 17.7. The van der Waals surface area contributed by atoms with Crippen LogP contribution in [0.25, 0.3) is 10.9 Å². The summed E-state index contributed by atoms with van der Waals surface area (Å²) in [7, 11) is 0. The van der Waals surface area contributed by atoms with Crippen molar-refractivity contribution in [3.05, 3.63) is 54.4 Å². The molecule has 0 radical (unpaired) electrons. The molecule has 2 aromatic heterocycles. The summed E-state index contributed by atoms with van der Waals surface area (Å²) in [5, 5.41) is 14.0. The van der Waals surface area contributed by atoms with Gasteiger partial charge in [0.25, 0.3) is 0 Å². The fourth-order valence-electron chi connectivity index (χ4n) is 6.16. The first-order valence-electron chi connectivity index (χ1n) is 13.2. The van der Waals surface area contributed by atoms with E-state index < -0.39 is 0 Å². The number of rotatable bonds is 3. The van der Waals surface area contributed by atoms with E-state index in [0.717, 1.165) is 82.0 Å². The van der Waals surface area contributed by atoms with Crippen LogP contribution in [0.3, 0.4) is 0 Å². The summed E-state index contributed by atoms with van der Waals surface area (Å²) in [6, 6.07) is 15.8. The van der Waals surface area contributed by atoms with Crippen LogP contribution in [0.2, 0.25) is 0 Å². The number of piperazine rings is 2. The lowest BCUT2D eigenvalue weighted by molar-refractivity contribution is 0.130. The monoisotopic (exact) mass is 482 g/mol. The van der Waals surface area contributed by atoms with Crippen molar-refractivity contribution in [2.75, 3.05) is 73.6 Å². The Balaban J connectivity index is 1.18. The molecule has 36 heavy (non-hydrogen) atoms. The first-order valence-corrected chi connectivity index (χ1v) is 13.2. The molecular weight excluding hydrogens is 448 g/mol. The Hall–Kier alpha value is -3.41. The van der Waals surface area contributed by atoms with E-state index in [4.69, 9.17) is 4.98 Å². The summed E-state index contributed by atoms with van der Waals surface area (Å²) in [6.45, 7) is 11.5. The van der Waals surface area contributed by atoms with Crippen LogP contribution < -0.4 is 20.0 Å². The van der Waals surface area contributed by atoms with E-state index in [0.29, 0.717) is 17.6 Å². The van der Waals surface area contributed by atoms with Gasteiger partial charge >= 0.3 is 0 Å². The van der Waals surface area contributed by atoms with Gasteiger partial charge in [0.2, 0.25) is 0 Å². The van der Waals surface area contributed by atoms with Crippen LogP contribution in [-0.4, -0.2) is 85.9 Å². The molecule has 1 aromatic carbocycles. The lowest BCUT2D eigenvalue weighted by atomic mass is 10.0. The van der Waals surface area contributed by atoms with E-state index in [1.807, 2.05) is 12.1 Å². The fraction of sp³-hybridized carbons (Fsp3) is 0.464. The normalized spacial score (nSPS) is 23.3. The number of pyridine rings is 2. The van der Waals surface area contributed by atoms with Crippen molar-refractivity contribution in [3.8, 4) is 6.07 Å². The number of anilines is 3. The second-order valence-electron chi connectivity index (χ2n) is 10.2. The highest BCUT2D eigenvalue weighted by Crippen LogP contribution is 2.32. The number of aromatic nitrogens is 2. The first kappa shape index (κ1) is 23.0. The van der Waals surface area contributed by atoms with Crippen LogP contribution in [0.5, 0.6) is 0 Å². The molecular formula is C28H34N8. The number of nitrogens with zero attached hydrogens (tertiary/aromatic N) is 7. The number of nitrogens with one attached hydrogen (secondary N) is 1. The molecule has 2 atom stereocenters. The summed E-state index contributed by atoms with van der Waals surface area (Å²) in [5.41, 5.74) is 3.86. The highest BCUT2D eigenvalue weighted by atomic mass is 15.3. The SMILES string of the molecule is CC1CN(c2ccc(C#N)c3ncccc23)CC2CCN(c3ccc(N4CCNCC4)nc3)CCN12. The molecule has 6 rings (SSSR count). The van der Waals surface area contributed by atoms with Crippen LogP contribution >= 0.6 is 0 Å². The van der Waals surface area contributed by atoms with Gasteiger partial charge < -0.3 is 20.0 Å². The van der Waals surface area contributed by atoms with Gasteiger partial charge in [0.1, 0.15) is 11.9 Å². The van der Waals surface area contributed by atoms with Crippen LogP contribution in [-0.2, 0) is 0 Å². The molecule has 3 aliphatic rings. The second kappa shape index (κ2) is 9.92. The number of benzene rings is 1. The van der Waals surface area contributed by atoms with Gasteiger partial charge in [-0.15, -0.1) is 0 Å². The van der Waals surface area contributed by atoms with E-state index in [9.17, 15) is 5.26 Å². The number of fused-ring (bicyclic) bond motifs is 2. The highest BCUT2D eigenvalue weighted by molar-refractivity contribution is 5.95. The third-order valence-corrected chi connectivity index (χ3v) is 8.06. The van der Waals surface area contributed by atoms with Crippen molar-refractivity contribution in [1.82, 2.24) is 20.2 Å². The molecule has 0 aliphatic carbocycles. The van der Waals surface area contributed by atoms with Crippen molar-refractivity contribution in [1.29, 1.82) is 5.26 Å². The van der Waals surface area contributed by atoms with E-state index >= 15 is 0 Å². The van der Waals surface area contributed by atoms with E-state index in [-0.39, 0.29) is 0 Å². The zero-order chi connectivity index (χ0) is 24.5. The number of hydrogen-bond acceptors (Lipinski definition) is 8. The molecule has 0 saturated carbocycles. The third-order valence-electron chi connectivity index (χ3n) is 8.06. The summed E-state index contributed by atoms with van der Waals surface area (Å²) >= 11 is 0. The number of hydrogen-bond donors (Lipinski definition) is 1. The zero-order valence-electron chi connectivity index (χ0n) is 21.0. The molecule has 3 aliphatic heterocycles. The van der Waals surface area contributed by atoms with Gasteiger partial charge in [0.05, 0.1) is 23.0 Å². The van der Waals surface area contributed by atoms with Crippen LogP contribution in [0.4, 0.5) is 17.2 Å².